The van der Waals surface area contributed by atoms with Crippen molar-refractivity contribution in [3.63, 3.8) is 0 Å². The van der Waals surface area contributed by atoms with Crippen molar-refractivity contribution in [3.8, 4) is 5.75 Å². The molecule has 0 saturated carbocycles. The fraction of sp³-hybridized carbons (Fsp3) is 0. The monoisotopic (exact) mass is 200 g/mol. The highest BCUT2D eigenvalue weighted by Crippen LogP contribution is 2.17. The lowest BCUT2D eigenvalue weighted by atomic mass is 10.1. The third kappa shape index (κ3) is 1.42. The van der Waals surface area contributed by atoms with Crippen LogP contribution in [0, 0.1) is 0 Å². The zero-order valence-electron chi connectivity index (χ0n) is 6.55. The van der Waals surface area contributed by atoms with E-state index in [4.69, 9.17) is 15.3 Å². The Morgan fingerprint density at radius 3 is 2.00 bits per heavy atom. The van der Waals surface area contributed by atoms with E-state index in [1.54, 1.807) is 0 Å². The molecule has 0 atom stereocenters. The largest absolute Gasteiger partial charge is 0.504 e. The summed E-state index contributed by atoms with van der Waals surface area (Å²) >= 11 is 0. The quantitative estimate of drug-likeness (QED) is 0.600. The van der Waals surface area contributed by atoms with Gasteiger partial charge < -0.3 is 19.7 Å². The summed E-state index contributed by atoms with van der Waals surface area (Å²) in [5.74, 6) is -4.39. The summed E-state index contributed by atoms with van der Waals surface area (Å²) < 4.78 is 4.09. The van der Waals surface area contributed by atoms with Crippen molar-refractivity contribution in [2.24, 2.45) is 0 Å². The summed E-state index contributed by atoms with van der Waals surface area (Å²) in [6.07, 6.45) is 0.470. The van der Waals surface area contributed by atoms with Crippen molar-refractivity contribution < 1.29 is 29.3 Å². The average molecular weight is 200 g/mol. The van der Waals surface area contributed by atoms with Crippen molar-refractivity contribution >= 4 is 11.9 Å². The van der Waals surface area contributed by atoms with Gasteiger partial charge in [-0.15, -0.1) is 0 Å². The van der Waals surface area contributed by atoms with Gasteiger partial charge in [-0.05, 0) is 0 Å². The maximum atomic E-state index is 10.8. The Morgan fingerprint density at radius 1 is 1.14 bits per heavy atom. The number of carboxylic acids is 2. The summed E-state index contributed by atoms with van der Waals surface area (Å²) in [5.41, 5.74) is -3.40. The first kappa shape index (κ1) is 9.78. The molecule has 0 aliphatic rings. The minimum atomic E-state index is -1.77. The fourth-order valence-corrected chi connectivity index (χ4v) is 0.868. The Balaban J connectivity index is 3.67. The fourth-order valence-electron chi connectivity index (χ4n) is 0.868. The number of rotatable bonds is 2. The lowest BCUT2D eigenvalue weighted by molar-refractivity contribution is 0.0642. The Morgan fingerprint density at radius 2 is 1.64 bits per heavy atom. The van der Waals surface area contributed by atoms with Gasteiger partial charge in [0, 0.05) is 0 Å². The average Bonchev–Trinajstić information content (AvgIpc) is 2.07. The molecule has 14 heavy (non-hydrogen) atoms. The standard InChI is InChI=1S/C7H4O7/c8-2-1-14-7(13)4(6(11)12)3(2)5(9)10/h1,8H,(H,9,10)(H,11,12). The second kappa shape index (κ2) is 3.21. The molecule has 1 rings (SSSR count). The molecule has 1 aromatic rings. The molecule has 0 radical (unpaired) electrons. The van der Waals surface area contributed by atoms with Crippen molar-refractivity contribution in [3.05, 3.63) is 27.8 Å². The van der Waals surface area contributed by atoms with Crippen LogP contribution >= 0.6 is 0 Å². The van der Waals surface area contributed by atoms with E-state index < -0.39 is 34.4 Å². The summed E-state index contributed by atoms with van der Waals surface area (Å²) in [7, 11) is 0. The van der Waals surface area contributed by atoms with Gasteiger partial charge in [-0.25, -0.2) is 14.4 Å². The lowest BCUT2D eigenvalue weighted by Gasteiger charge is -2.00. The van der Waals surface area contributed by atoms with Gasteiger partial charge in [-0.1, -0.05) is 0 Å². The van der Waals surface area contributed by atoms with Crippen LogP contribution in [0.4, 0.5) is 0 Å². The summed E-state index contributed by atoms with van der Waals surface area (Å²) in [6.45, 7) is 0. The SMILES string of the molecule is O=C(O)c1c(O)coc(=O)c1C(=O)O. The highest BCUT2D eigenvalue weighted by atomic mass is 16.4. The van der Waals surface area contributed by atoms with Crippen LogP contribution in [0.5, 0.6) is 5.75 Å². The number of carboxylic acid groups (broad SMARTS) is 2. The zero-order valence-corrected chi connectivity index (χ0v) is 6.55. The number of aromatic hydroxyl groups is 1. The Bertz CT molecular complexity index is 456. The lowest BCUT2D eigenvalue weighted by Crippen LogP contribution is -2.19. The second-order valence-corrected chi connectivity index (χ2v) is 2.27. The minimum Gasteiger partial charge on any atom is -0.504 e. The Hall–Kier alpha value is -2.31. The van der Waals surface area contributed by atoms with E-state index in [0.29, 0.717) is 6.26 Å². The highest BCUT2D eigenvalue weighted by Gasteiger charge is 2.25. The first-order valence-electron chi connectivity index (χ1n) is 3.26. The van der Waals surface area contributed by atoms with Crippen LogP contribution in [0.2, 0.25) is 0 Å². The van der Waals surface area contributed by atoms with E-state index in [2.05, 4.69) is 4.42 Å². The van der Waals surface area contributed by atoms with Crippen molar-refractivity contribution in [1.29, 1.82) is 0 Å². The highest BCUT2D eigenvalue weighted by molar-refractivity contribution is 6.02. The van der Waals surface area contributed by atoms with Crippen LogP contribution in [-0.2, 0) is 0 Å². The van der Waals surface area contributed by atoms with Crippen molar-refractivity contribution in [2.75, 3.05) is 0 Å². The molecule has 0 unspecified atom stereocenters. The van der Waals surface area contributed by atoms with E-state index in [-0.39, 0.29) is 0 Å². The molecule has 74 valence electrons. The van der Waals surface area contributed by atoms with Crippen LogP contribution in [0.3, 0.4) is 0 Å². The van der Waals surface area contributed by atoms with Crippen LogP contribution in [0.25, 0.3) is 0 Å². The second-order valence-electron chi connectivity index (χ2n) is 2.27. The van der Waals surface area contributed by atoms with Gasteiger partial charge in [0.05, 0.1) is 0 Å². The van der Waals surface area contributed by atoms with E-state index in [1.807, 2.05) is 0 Å². The topological polar surface area (TPSA) is 125 Å². The van der Waals surface area contributed by atoms with Crippen LogP contribution in [-0.4, -0.2) is 27.3 Å². The molecule has 0 amide bonds. The first-order chi connectivity index (χ1) is 6.45. The molecule has 1 aromatic heterocycles. The van der Waals surface area contributed by atoms with E-state index >= 15 is 0 Å². The number of carbonyl (C=O) groups is 2. The number of aromatic carboxylic acids is 2. The minimum absolute atomic E-state index is 0.470. The van der Waals surface area contributed by atoms with Crippen molar-refractivity contribution in [1.82, 2.24) is 0 Å². The molecule has 0 aromatic carbocycles. The number of hydrogen-bond donors (Lipinski definition) is 3. The Labute approximate surface area is 75.8 Å². The zero-order chi connectivity index (χ0) is 10.9. The predicted molar refractivity (Wildman–Crippen MR) is 40.6 cm³/mol. The molecule has 0 aliphatic heterocycles. The molecular weight excluding hydrogens is 196 g/mol. The van der Waals surface area contributed by atoms with Crippen LogP contribution < -0.4 is 5.63 Å². The molecule has 0 saturated heterocycles. The molecule has 3 N–H and O–H groups in total. The van der Waals surface area contributed by atoms with Gasteiger partial charge in [-0.3, -0.25) is 0 Å². The molecular formula is C7H4O7. The van der Waals surface area contributed by atoms with Crippen molar-refractivity contribution in [2.45, 2.75) is 0 Å². The molecule has 0 bridgehead atoms. The van der Waals surface area contributed by atoms with E-state index in [9.17, 15) is 14.4 Å². The molecule has 7 heteroatoms. The van der Waals surface area contributed by atoms with Gasteiger partial charge in [0.15, 0.2) is 11.3 Å². The molecule has 0 fully saturated rings. The summed E-state index contributed by atoms with van der Waals surface area (Å²) in [5, 5.41) is 26.0. The van der Waals surface area contributed by atoms with E-state index in [0.717, 1.165) is 0 Å². The third-order valence-corrected chi connectivity index (χ3v) is 1.42. The van der Waals surface area contributed by atoms with E-state index in [1.165, 1.54) is 0 Å². The van der Waals surface area contributed by atoms with Gasteiger partial charge in [0.2, 0.25) is 0 Å². The molecule has 0 spiro atoms. The van der Waals surface area contributed by atoms with Gasteiger partial charge in [-0.2, -0.15) is 0 Å². The molecule has 1 heterocycles. The summed E-state index contributed by atoms with van der Waals surface area (Å²) in [6, 6.07) is 0. The molecule has 7 nitrogen and oxygen atoms in total. The van der Waals surface area contributed by atoms with Gasteiger partial charge >= 0.3 is 17.6 Å². The third-order valence-electron chi connectivity index (χ3n) is 1.42. The molecule has 0 aliphatic carbocycles. The summed E-state index contributed by atoms with van der Waals surface area (Å²) in [4.78, 5) is 31.8. The predicted octanol–water partition coefficient (Wildman–Crippen LogP) is -0.258. The Kier molecular flexibility index (Phi) is 2.24. The normalized spacial score (nSPS) is 9.71. The maximum absolute atomic E-state index is 10.8. The number of hydrogen-bond acceptors (Lipinski definition) is 5. The van der Waals surface area contributed by atoms with Crippen LogP contribution in [0.1, 0.15) is 20.7 Å². The first-order valence-corrected chi connectivity index (χ1v) is 3.26. The van der Waals surface area contributed by atoms with Crippen LogP contribution in [0.15, 0.2) is 15.5 Å². The smallest absolute Gasteiger partial charge is 0.351 e. The van der Waals surface area contributed by atoms with Gasteiger partial charge in [0.25, 0.3) is 0 Å². The maximum Gasteiger partial charge on any atom is 0.351 e. The van der Waals surface area contributed by atoms with Gasteiger partial charge in [0.1, 0.15) is 11.8 Å².